The Labute approximate surface area is 209 Å². The zero-order chi connectivity index (χ0) is 24.4. The van der Waals surface area contributed by atoms with Crippen molar-refractivity contribution >= 4 is 12.0 Å². The van der Waals surface area contributed by atoms with Crippen molar-refractivity contribution in [2.24, 2.45) is 5.92 Å². The van der Waals surface area contributed by atoms with Crippen LogP contribution in [0.4, 0.5) is 0 Å². The molecule has 3 heteroatoms. The van der Waals surface area contributed by atoms with E-state index in [1.807, 2.05) is 12.1 Å². The number of ether oxygens (including phenoxy) is 1. The third-order valence-corrected chi connectivity index (χ3v) is 7.71. The molecule has 0 radical (unpaired) electrons. The third-order valence-electron chi connectivity index (χ3n) is 7.71. The molecule has 0 heterocycles. The van der Waals surface area contributed by atoms with Gasteiger partial charge in [-0.2, -0.15) is 0 Å². The average molecular weight is 466 g/mol. The summed E-state index contributed by atoms with van der Waals surface area (Å²) >= 11 is 0. The number of hydrogen-bond acceptors (Lipinski definition) is 3. The largest absolute Gasteiger partial charge is 0.465 e. The van der Waals surface area contributed by atoms with Crippen LogP contribution in [0.1, 0.15) is 81.0 Å². The Kier molecular flexibility index (Phi) is 6.88. The monoisotopic (exact) mass is 465 g/mol. The second-order valence-electron chi connectivity index (χ2n) is 10.2. The maximum atomic E-state index is 12.3. The summed E-state index contributed by atoms with van der Waals surface area (Å²) in [6, 6.07) is 22.0. The van der Waals surface area contributed by atoms with Gasteiger partial charge in [0, 0.05) is 12.0 Å². The van der Waals surface area contributed by atoms with Gasteiger partial charge in [-0.25, -0.2) is 4.79 Å². The Morgan fingerprint density at radius 1 is 1.09 bits per heavy atom. The fourth-order valence-corrected chi connectivity index (χ4v) is 5.96. The highest BCUT2D eigenvalue weighted by Gasteiger charge is 2.29. The van der Waals surface area contributed by atoms with Gasteiger partial charge >= 0.3 is 5.97 Å². The molecule has 5 rings (SSSR count). The number of carbonyl (C=O) groups excluding carboxylic acids is 1. The highest BCUT2D eigenvalue weighted by atomic mass is 16.5. The average Bonchev–Trinajstić information content (AvgIpc) is 2.90. The van der Waals surface area contributed by atoms with Crippen molar-refractivity contribution < 1.29 is 9.53 Å². The van der Waals surface area contributed by atoms with E-state index in [1.165, 1.54) is 40.5 Å². The zero-order valence-corrected chi connectivity index (χ0v) is 21.0. The van der Waals surface area contributed by atoms with Gasteiger partial charge in [0.2, 0.25) is 0 Å². The first-order chi connectivity index (χ1) is 17.0. The number of aryl methyl sites for hydroxylation is 2. The molecule has 35 heavy (non-hydrogen) atoms. The third kappa shape index (κ3) is 4.97. The smallest absolute Gasteiger partial charge is 0.337 e. The van der Waals surface area contributed by atoms with Gasteiger partial charge in [0.15, 0.2) is 0 Å². The van der Waals surface area contributed by atoms with Gasteiger partial charge in [0.25, 0.3) is 0 Å². The number of methoxy groups -OCH3 is 1. The van der Waals surface area contributed by atoms with Gasteiger partial charge in [0.05, 0.1) is 12.7 Å². The fraction of sp³-hybridized carbons (Fsp3) is 0.344. The molecule has 0 amide bonds. The minimum atomic E-state index is -0.272. The standard InChI is InChI=1S/C32H35NO2/c1-21-15-26(19-27(16-21)32(34)35-3)31-18-23(17-25-10-5-7-13-30(25)31)20-33-22(2)28-14-8-11-24-9-4-6-12-29(24)28/h5-8,10-16,19,22-23,31,33H,4,9,17-18,20H2,1-3H3/t22-,23?,31?/m1/s1. The molecule has 0 saturated carbocycles. The van der Waals surface area contributed by atoms with E-state index in [-0.39, 0.29) is 11.9 Å². The molecule has 2 unspecified atom stereocenters. The van der Waals surface area contributed by atoms with Crippen molar-refractivity contribution in [3.63, 3.8) is 0 Å². The lowest BCUT2D eigenvalue weighted by atomic mass is 9.73. The number of nitrogens with one attached hydrogen (secondary N) is 1. The molecule has 0 aliphatic heterocycles. The van der Waals surface area contributed by atoms with E-state index in [0.717, 1.165) is 37.8 Å². The normalized spacial score (nSPS) is 19.5. The Morgan fingerprint density at radius 2 is 1.91 bits per heavy atom. The van der Waals surface area contributed by atoms with Crippen LogP contribution in [-0.4, -0.2) is 19.6 Å². The number of rotatable bonds is 6. The lowest BCUT2D eigenvalue weighted by Gasteiger charge is -2.33. The first kappa shape index (κ1) is 23.6. The molecule has 0 fully saturated rings. The molecule has 3 nitrogen and oxygen atoms in total. The number of carbonyl (C=O) groups is 1. The van der Waals surface area contributed by atoms with Gasteiger partial charge in [-0.3, -0.25) is 0 Å². The lowest BCUT2D eigenvalue weighted by Crippen LogP contribution is -2.31. The second kappa shape index (κ2) is 10.2. The van der Waals surface area contributed by atoms with Crippen LogP contribution < -0.4 is 5.32 Å². The maximum Gasteiger partial charge on any atom is 0.337 e. The molecule has 3 aromatic rings. The van der Waals surface area contributed by atoms with E-state index < -0.39 is 0 Å². The number of esters is 1. The van der Waals surface area contributed by atoms with Crippen molar-refractivity contribution in [1.29, 1.82) is 0 Å². The summed E-state index contributed by atoms with van der Waals surface area (Å²) < 4.78 is 5.02. The van der Waals surface area contributed by atoms with Crippen LogP contribution in [-0.2, 0) is 17.6 Å². The highest BCUT2D eigenvalue weighted by molar-refractivity contribution is 5.89. The molecule has 0 spiro atoms. The Morgan fingerprint density at radius 3 is 2.77 bits per heavy atom. The molecule has 0 aromatic heterocycles. The molecular formula is C32H35NO2. The van der Waals surface area contributed by atoms with E-state index in [9.17, 15) is 4.79 Å². The zero-order valence-electron chi connectivity index (χ0n) is 21.0. The summed E-state index contributed by atoms with van der Waals surface area (Å²) in [5, 5.41) is 3.86. The lowest BCUT2D eigenvalue weighted by molar-refractivity contribution is 0.0600. The van der Waals surface area contributed by atoms with E-state index in [4.69, 9.17) is 4.74 Å². The van der Waals surface area contributed by atoms with Crippen molar-refractivity contribution in [3.05, 3.63) is 111 Å². The maximum absolute atomic E-state index is 12.3. The number of hydrogen-bond donors (Lipinski definition) is 1. The first-order valence-corrected chi connectivity index (χ1v) is 12.8. The topological polar surface area (TPSA) is 38.3 Å². The first-order valence-electron chi connectivity index (χ1n) is 12.8. The summed E-state index contributed by atoms with van der Waals surface area (Å²) in [5.41, 5.74) is 10.0. The van der Waals surface area contributed by atoms with Crippen LogP contribution in [0.5, 0.6) is 0 Å². The summed E-state index contributed by atoms with van der Waals surface area (Å²) in [6.07, 6.45) is 9.01. The van der Waals surface area contributed by atoms with Crippen LogP contribution in [0, 0.1) is 12.8 Å². The van der Waals surface area contributed by atoms with Crippen molar-refractivity contribution in [3.8, 4) is 0 Å². The van der Waals surface area contributed by atoms with Crippen LogP contribution in [0.3, 0.4) is 0 Å². The van der Waals surface area contributed by atoms with Crippen molar-refractivity contribution in [2.45, 2.75) is 51.5 Å². The molecule has 180 valence electrons. The Bertz CT molecular complexity index is 1260. The summed E-state index contributed by atoms with van der Waals surface area (Å²) in [4.78, 5) is 12.3. The van der Waals surface area contributed by atoms with Crippen LogP contribution in [0.2, 0.25) is 0 Å². The number of benzene rings is 3. The summed E-state index contributed by atoms with van der Waals surface area (Å²) in [5.74, 6) is 0.527. The van der Waals surface area contributed by atoms with Crippen LogP contribution in [0.25, 0.3) is 6.08 Å². The Hall–Kier alpha value is -3.17. The second-order valence-corrected chi connectivity index (χ2v) is 10.2. The SMILES string of the molecule is COC(=O)c1cc(C)cc(C2CC(CN[C@H](C)c3cccc4c3C=CCC4)Cc3ccccc32)c1. The Balaban J connectivity index is 1.38. The van der Waals surface area contributed by atoms with Crippen molar-refractivity contribution in [1.82, 2.24) is 5.32 Å². The molecule has 0 saturated heterocycles. The molecule has 3 atom stereocenters. The predicted octanol–water partition coefficient (Wildman–Crippen LogP) is 6.79. The number of allylic oxidation sites excluding steroid dienone is 1. The van der Waals surface area contributed by atoms with Crippen LogP contribution >= 0.6 is 0 Å². The quantitative estimate of drug-likeness (QED) is 0.408. The minimum absolute atomic E-state index is 0.272. The van der Waals surface area contributed by atoms with E-state index in [0.29, 0.717) is 17.5 Å². The van der Waals surface area contributed by atoms with Gasteiger partial charge in [-0.05, 0) is 103 Å². The van der Waals surface area contributed by atoms with Crippen LogP contribution in [0.15, 0.2) is 66.7 Å². The molecular weight excluding hydrogens is 430 g/mol. The molecule has 3 aromatic carbocycles. The van der Waals surface area contributed by atoms with Gasteiger partial charge in [0.1, 0.15) is 0 Å². The van der Waals surface area contributed by atoms with E-state index in [1.54, 1.807) is 0 Å². The van der Waals surface area contributed by atoms with E-state index >= 15 is 0 Å². The molecule has 2 aliphatic carbocycles. The van der Waals surface area contributed by atoms with Crippen molar-refractivity contribution in [2.75, 3.05) is 13.7 Å². The van der Waals surface area contributed by atoms with Gasteiger partial charge in [-0.1, -0.05) is 60.7 Å². The van der Waals surface area contributed by atoms with Gasteiger partial charge < -0.3 is 10.1 Å². The molecule has 0 bridgehead atoms. The number of fused-ring (bicyclic) bond motifs is 2. The van der Waals surface area contributed by atoms with E-state index in [2.05, 4.69) is 79.8 Å². The van der Waals surface area contributed by atoms with Gasteiger partial charge in [-0.15, -0.1) is 0 Å². The summed E-state index contributed by atoms with van der Waals surface area (Å²) in [7, 11) is 1.45. The minimum Gasteiger partial charge on any atom is -0.465 e. The fourth-order valence-electron chi connectivity index (χ4n) is 5.96. The molecule has 2 aliphatic rings. The molecule has 1 N–H and O–H groups in total. The highest BCUT2D eigenvalue weighted by Crippen LogP contribution is 2.40. The summed E-state index contributed by atoms with van der Waals surface area (Å²) in [6.45, 7) is 5.31. The predicted molar refractivity (Wildman–Crippen MR) is 143 cm³/mol.